The first-order chi connectivity index (χ1) is 16.4. The highest BCUT2D eigenvalue weighted by atomic mass is 35.5. The van der Waals surface area contributed by atoms with Gasteiger partial charge in [0.15, 0.2) is 0 Å². The van der Waals surface area contributed by atoms with E-state index in [0.717, 1.165) is 11.1 Å². The lowest BCUT2D eigenvalue weighted by Gasteiger charge is -2.09. The Morgan fingerprint density at radius 1 is 1.15 bits per heavy atom. The van der Waals surface area contributed by atoms with Crippen LogP contribution in [-0.2, 0) is 11.3 Å². The van der Waals surface area contributed by atoms with Crippen LogP contribution in [0.3, 0.4) is 0 Å². The van der Waals surface area contributed by atoms with Gasteiger partial charge in [0, 0.05) is 34.4 Å². The lowest BCUT2D eigenvalue weighted by molar-refractivity contribution is -0.112. The molecule has 34 heavy (non-hydrogen) atoms. The molecule has 0 saturated heterocycles. The zero-order valence-corrected chi connectivity index (χ0v) is 19.1. The number of carbonyl (C=O) groups is 2. The minimum atomic E-state index is -0.858. The van der Waals surface area contributed by atoms with Gasteiger partial charge in [0.05, 0.1) is 12.7 Å². The first-order valence-electron chi connectivity index (χ1n) is 10.4. The van der Waals surface area contributed by atoms with Crippen molar-refractivity contribution in [1.82, 2.24) is 14.5 Å². The van der Waals surface area contributed by atoms with Gasteiger partial charge in [-0.05, 0) is 55.0 Å². The highest BCUT2D eigenvalue weighted by molar-refractivity contribution is 6.48. The van der Waals surface area contributed by atoms with Crippen molar-refractivity contribution in [2.24, 2.45) is 0 Å². The Kier molecular flexibility index (Phi) is 5.51. The van der Waals surface area contributed by atoms with Crippen LogP contribution in [0.4, 0.5) is 6.01 Å². The second-order valence-corrected chi connectivity index (χ2v) is 8.12. The summed E-state index contributed by atoms with van der Waals surface area (Å²) in [7, 11) is 1.55. The fourth-order valence-corrected chi connectivity index (χ4v) is 4.07. The molecule has 5 aromatic rings. The number of Topliss-reactive ketones (excluding diaryl/α,β-unsaturated/α-hetero) is 1. The topological polar surface area (TPSA) is 99.2 Å². The molecule has 170 valence electrons. The van der Waals surface area contributed by atoms with Crippen LogP contribution in [0.2, 0.25) is 5.02 Å². The van der Waals surface area contributed by atoms with E-state index in [9.17, 15) is 9.59 Å². The number of hydrogen-bond acceptors (Lipinski definition) is 6. The molecule has 3 heterocycles. The zero-order valence-electron chi connectivity index (χ0n) is 18.3. The lowest BCUT2D eigenvalue weighted by Crippen LogP contribution is -2.23. The number of hydrogen-bond donors (Lipinski definition) is 1. The number of pyridine rings is 1. The molecule has 0 aliphatic heterocycles. The van der Waals surface area contributed by atoms with Crippen LogP contribution in [0.5, 0.6) is 5.75 Å². The number of oxazole rings is 1. The SMILES string of the molecule is COc1ccc2c(c1)c(C(=O)C(=O)Nc1nc3cccnc3o1)c(C)n2Cc1ccc(Cl)cc1. The van der Waals surface area contributed by atoms with Crippen molar-refractivity contribution in [3.05, 3.63) is 82.6 Å². The summed E-state index contributed by atoms with van der Waals surface area (Å²) >= 11 is 6.02. The van der Waals surface area contributed by atoms with Gasteiger partial charge in [0.2, 0.25) is 5.71 Å². The first kappa shape index (κ1) is 21.7. The van der Waals surface area contributed by atoms with Gasteiger partial charge in [-0.15, -0.1) is 0 Å². The second-order valence-electron chi connectivity index (χ2n) is 7.69. The standard InChI is InChI=1S/C25H19ClN4O4/c1-14-21(22(31)23(32)29-25-28-19-4-3-11-27-24(19)34-25)18-12-17(33-2)9-10-20(18)30(14)13-15-5-7-16(26)8-6-15/h3-12H,13H2,1-2H3,(H,28,29,32). The predicted molar refractivity (Wildman–Crippen MR) is 129 cm³/mol. The van der Waals surface area contributed by atoms with Crippen molar-refractivity contribution in [1.29, 1.82) is 0 Å². The minimum Gasteiger partial charge on any atom is -0.497 e. The molecular weight excluding hydrogens is 456 g/mol. The number of carbonyl (C=O) groups excluding carboxylic acids is 2. The molecule has 0 atom stereocenters. The number of rotatable bonds is 6. The molecule has 0 radical (unpaired) electrons. The van der Waals surface area contributed by atoms with Gasteiger partial charge in [-0.3, -0.25) is 14.9 Å². The summed E-state index contributed by atoms with van der Waals surface area (Å²) in [6, 6.07) is 16.2. The van der Waals surface area contributed by atoms with E-state index in [4.69, 9.17) is 20.8 Å². The van der Waals surface area contributed by atoms with E-state index in [1.807, 2.05) is 47.9 Å². The summed E-state index contributed by atoms with van der Waals surface area (Å²) in [5.74, 6) is -0.987. The molecule has 0 unspecified atom stereocenters. The smallest absolute Gasteiger partial charge is 0.304 e. The van der Waals surface area contributed by atoms with Gasteiger partial charge in [-0.2, -0.15) is 4.98 Å². The summed E-state index contributed by atoms with van der Waals surface area (Å²) in [4.78, 5) is 34.5. The van der Waals surface area contributed by atoms with Gasteiger partial charge in [0.25, 0.3) is 11.7 Å². The van der Waals surface area contributed by atoms with Crippen LogP contribution in [0.25, 0.3) is 22.1 Å². The molecule has 0 bridgehead atoms. The Balaban J connectivity index is 1.54. The monoisotopic (exact) mass is 474 g/mol. The molecule has 5 rings (SSSR count). The van der Waals surface area contributed by atoms with Crippen molar-refractivity contribution < 1.29 is 18.7 Å². The fraction of sp³-hybridized carbons (Fsp3) is 0.120. The van der Waals surface area contributed by atoms with Crippen LogP contribution in [-0.4, -0.2) is 33.3 Å². The Morgan fingerprint density at radius 3 is 2.68 bits per heavy atom. The van der Waals surface area contributed by atoms with Gasteiger partial charge < -0.3 is 13.7 Å². The van der Waals surface area contributed by atoms with Crippen LogP contribution in [0, 0.1) is 6.92 Å². The molecule has 1 N–H and O–H groups in total. The zero-order chi connectivity index (χ0) is 23.8. The Bertz CT molecular complexity index is 1520. The molecule has 2 aromatic carbocycles. The second kappa shape index (κ2) is 8.64. The molecule has 1 amide bonds. The molecular formula is C25H19ClN4O4. The summed E-state index contributed by atoms with van der Waals surface area (Å²) in [5, 5.41) is 3.71. The van der Waals surface area contributed by atoms with Crippen LogP contribution in [0.1, 0.15) is 21.6 Å². The number of nitrogens with one attached hydrogen (secondary N) is 1. The number of anilines is 1. The Labute approximate surface area is 199 Å². The minimum absolute atomic E-state index is 0.0906. The maximum Gasteiger partial charge on any atom is 0.304 e. The summed E-state index contributed by atoms with van der Waals surface area (Å²) in [6.45, 7) is 2.31. The molecule has 0 fully saturated rings. The Hall–Kier alpha value is -4.17. The van der Waals surface area contributed by atoms with Crippen LogP contribution in [0.15, 0.2) is 65.2 Å². The van der Waals surface area contributed by atoms with Crippen LogP contribution >= 0.6 is 11.6 Å². The maximum absolute atomic E-state index is 13.3. The maximum atomic E-state index is 13.3. The van der Waals surface area contributed by atoms with Crippen molar-refractivity contribution in [3.63, 3.8) is 0 Å². The van der Waals surface area contributed by atoms with Crippen molar-refractivity contribution in [3.8, 4) is 5.75 Å². The molecule has 0 saturated carbocycles. The van der Waals surface area contributed by atoms with Gasteiger partial charge in [-0.1, -0.05) is 23.7 Å². The highest BCUT2D eigenvalue weighted by Gasteiger charge is 2.27. The third kappa shape index (κ3) is 3.88. The number of halogens is 1. The molecule has 8 nitrogen and oxygen atoms in total. The molecule has 3 aromatic heterocycles. The summed E-state index contributed by atoms with van der Waals surface area (Å²) in [5.41, 5.74) is 3.49. The van der Waals surface area contributed by atoms with E-state index >= 15 is 0 Å². The van der Waals surface area contributed by atoms with Crippen LogP contribution < -0.4 is 10.1 Å². The highest BCUT2D eigenvalue weighted by Crippen LogP contribution is 2.31. The molecule has 0 aliphatic carbocycles. The number of benzene rings is 2. The third-order valence-corrected chi connectivity index (χ3v) is 5.86. The average Bonchev–Trinajstić information content (AvgIpc) is 3.37. The number of fused-ring (bicyclic) bond motifs is 2. The normalized spacial score (nSPS) is 11.1. The third-order valence-electron chi connectivity index (χ3n) is 5.60. The summed E-state index contributed by atoms with van der Waals surface area (Å²) < 4.78 is 12.8. The largest absolute Gasteiger partial charge is 0.497 e. The summed E-state index contributed by atoms with van der Waals surface area (Å²) in [6.07, 6.45) is 1.55. The van der Waals surface area contributed by atoms with Crippen molar-refractivity contribution in [2.75, 3.05) is 12.4 Å². The van der Waals surface area contributed by atoms with E-state index in [2.05, 4.69) is 15.3 Å². The van der Waals surface area contributed by atoms with Gasteiger partial charge >= 0.3 is 6.01 Å². The molecule has 0 aliphatic rings. The van der Waals surface area contributed by atoms with E-state index in [1.54, 1.807) is 31.5 Å². The number of aromatic nitrogens is 3. The molecule has 0 spiro atoms. The number of amides is 1. The predicted octanol–water partition coefficient (Wildman–Crippen LogP) is 5.02. The van der Waals surface area contributed by atoms with E-state index in [0.29, 0.717) is 33.9 Å². The van der Waals surface area contributed by atoms with E-state index in [1.165, 1.54) is 0 Å². The van der Waals surface area contributed by atoms with Crippen molar-refractivity contribution >= 4 is 51.4 Å². The number of nitrogens with zero attached hydrogens (tertiary/aromatic N) is 3. The van der Waals surface area contributed by atoms with Crippen molar-refractivity contribution in [2.45, 2.75) is 13.5 Å². The van der Waals surface area contributed by atoms with Gasteiger partial charge in [-0.25, -0.2) is 4.98 Å². The first-order valence-corrected chi connectivity index (χ1v) is 10.8. The Morgan fingerprint density at radius 2 is 1.94 bits per heavy atom. The molecule has 9 heteroatoms. The van der Waals surface area contributed by atoms with Gasteiger partial charge in [0.1, 0.15) is 11.3 Å². The number of ketones is 1. The van der Waals surface area contributed by atoms with E-state index in [-0.39, 0.29) is 17.3 Å². The van der Waals surface area contributed by atoms with E-state index < -0.39 is 11.7 Å². The lowest BCUT2D eigenvalue weighted by atomic mass is 10.1. The quantitative estimate of drug-likeness (QED) is 0.274. The fourth-order valence-electron chi connectivity index (χ4n) is 3.94. The number of ether oxygens (including phenoxy) is 1. The number of methoxy groups -OCH3 is 1. The average molecular weight is 475 g/mol.